The molecule has 4 heteroatoms. The highest BCUT2D eigenvalue weighted by molar-refractivity contribution is 14.1. The van der Waals surface area contributed by atoms with E-state index >= 15 is 0 Å². The van der Waals surface area contributed by atoms with Crippen molar-refractivity contribution in [3.8, 4) is 0 Å². The first-order valence-electron chi connectivity index (χ1n) is 6.28. The zero-order valence-corrected chi connectivity index (χ0v) is 15.6. The van der Waals surface area contributed by atoms with E-state index < -0.39 is 0 Å². The number of halogens is 3. The molecule has 2 aromatic carbocycles. The Hall–Kier alpha value is -0.100. The van der Waals surface area contributed by atoms with Crippen molar-refractivity contribution in [2.24, 2.45) is 0 Å². The van der Waals surface area contributed by atoms with Gasteiger partial charge in [-0.3, -0.25) is 0 Å². The summed E-state index contributed by atoms with van der Waals surface area (Å²) in [7, 11) is 1.73. The summed E-state index contributed by atoms with van der Waals surface area (Å²) in [5.41, 5.74) is 3.68. The van der Waals surface area contributed by atoms with E-state index in [1.165, 1.54) is 16.7 Å². The number of rotatable bonds is 5. The third-order valence-corrected chi connectivity index (χ3v) is 5.73. The fourth-order valence-corrected chi connectivity index (χ4v) is 3.05. The first kappa shape index (κ1) is 16.3. The van der Waals surface area contributed by atoms with E-state index in [-0.39, 0.29) is 4.83 Å². The van der Waals surface area contributed by atoms with Crippen LogP contribution < -0.4 is 0 Å². The third-order valence-electron chi connectivity index (χ3n) is 3.10. The molecular formula is C16H15BrClIO. The fraction of sp³-hybridized carbons (Fsp3) is 0.250. The Morgan fingerprint density at radius 2 is 1.80 bits per heavy atom. The number of alkyl halides is 1. The molecule has 0 aromatic heterocycles. The molecular weight excluding hydrogens is 450 g/mol. The Kier molecular flexibility index (Phi) is 6.33. The molecule has 2 aromatic rings. The largest absolute Gasteiger partial charge is 0.384 e. The van der Waals surface area contributed by atoms with Gasteiger partial charge in [0.25, 0.3) is 0 Å². The van der Waals surface area contributed by atoms with Gasteiger partial charge >= 0.3 is 0 Å². The van der Waals surface area contributed by atoms with Gasteiger partial charge in [-0.05, 0) is 57.8 Å². The second-order valence-electron chi connectivity index (χ2n) is 4.52. The Balaban J connectivity index is 2.15. The average molecular weight is 466 g/mol. The number of ether oxygens (including phenoxy) is 1. The predicted molar refractivity (Wildman–Crippen MR) is 97.0 cm³/mol. The van der Waals surface area contributed by atoms with Crippen molar-refractivity contribution in [3.05, 3.63) is 67.7 Å². The van der Waals surface area contributed by atoms with Crippen molar-refractivity contribution >= 4 is 50.1 Å². The lowest BCUT2D eigenvalue weighted by molar-refractivity contribution is 0.202. The minimum Gasteiger partial charge on any atom is -0.384 e. The molecule has 0 spiro atoms. The summed E-state index contributed by atoms with van der Waals surface area (Å²) in [6.45, 7) is 0.754. The van der Waals surface area contributed by atoms with Crippen LogP contribution in [0.15, 0.2) is 42.5 Å². The van der Waals surface area contributed by atoms with Crippen molar-refractivity contribution in [2.75, 3.05) is 13.7 Å². The van der Waals surface area contributed by atoms with Gasteiger partial charge in [0.15, 0.2) is 0 Å². The number of benzene rings is 2. The van der Waals surface area contributed by atoms with E-state index in [9.17, 15) is 0 Å². The maximum Gasteiger partial charge on any atom is 0.0645 e. The highest BCUT2D eigenvalue weighted by atomic mass is 127. The van der Waals surface area contributed by atoms with Gasteiger partial charge in [0.2, 0.25) is 0 Å². The molecule has 0 aliphatic rings. The first-order chi connectivity index (χ1) is 9.61. The highest BCUT2D eigenvalue weighted by Crippen LogP contribution is 2.33. The van der Waals surface area contributed by atoms with Crippen LogP contribution in [0.2, 0.25) is 5.02 Å². The van der Waals surface area contributed by atoms with Gasteiger partial charge in [0.05, 0.1) is 16.5 Å². The van der Waals surface area contributed by atoms with Crippen LogP contribution in [-0.2, 0) is 11.2 Å². The van der Waals surface area contributed by atoms with Crippen LogP contribution >= 0.6 is 50.1 Å². The fourth-order valence-electron chi connectivity index (χ4n) is 1.94. The summed E-state index contributed by atoms with van der Waals surface area (Å²) in [5.74, 6) is 0. The molecule has 0 fully saturated rings. The molecule has 0 saturated heterocycles. The minimum atomic E-state index is 0.161. The van der Waals surface area contributed by atoms with Gasteiger partial charge < -0.3 is 4.74 Å². The van der Waals surface area contributed by atoms with Crippen LogP contribution in [0.25, 0.3) is 0 Å². The zero-order valence-electron chi connectivity index (χ0n) is 11.1. The van der Waals surface area contributed by atoms with E-state index in [2.05, 4.69) is 68.9 Å². The zero-order chi connectivity index (χ0) is 14.5. The molecule has 20 heavy (non-hydrogen) atoms. The summed E-state index contributed by atoms with van der Waals surface area (Å²) < 4.78 is 6.16. The molecule has 1 unspecified atom stereocenters. The molecule has 0 N–H and O–H groups in total. The molecule has 2 rings (SSSR count). The Labute approximate surface area is 146 Å². The monoisotopic (exact) mass is 464 g/mol. The number of methoxy groups -OCH3 is 1. The van der Waals surface area contributed by atoms with E-state index in [4.69, 9.17) is 16.3 Å². The Morgan fingerprint density at radius 1 is 1.15 bits per heavy atom. The second-order valence-corrected chi connectivity index (χ2v) is 7.01. The summed E-state index contributed by atoms with van der Waals surface area (Å²) in [6, 6.07) is 14.8. The quantitative estimate of drug-likeness (QED) is 0.412. The van der Waals surface area contributed by atoms with Crippen molar-refractivity contribution in [1.29, 1.82) is 0 Å². The summed E-state index contributed by atoms with van der Waals surface area (Å²) in [5, 5.41) is 0.796. The van der Waals surface area contributed by atoms with E-state index in [1.807, 2.05) is 12.1 Å². The van der Waals surface area contributed by atoms with Crippen molar-refractivity contribution in [2.45, 2.75) is 11.2 Å². The smallest absolute Gasteiger partial charge is 0.0645 e. The van der Waals surface area contributed by atoms with Crippen LogP contribution in [0.3, 0.4) is 0 Å². The molecule has 0 bridgehead atoms. The maximum absolute atomic E-state index is 6.19. The van der Waals surface area contributed by atoms with Crippen LogP contribution in [0.5, 0.6) is 0 Å². The molecule has 0 radical (unpaired) electrons. The molecule has 0 saturated carbocycles. The standard InChI is InChI=1S/C16H15BrClIO/c1-20-9-8-11-2-4-12(5-3-11)16(17)13-6-7-15(19)14(18)10-13/h2-7,10,16H,8-9H2,1H3. The lowest BCUT2D eigenvalue weighted by atomic mass is 10.0. The summed E-state index contributed by atoms with van der Waals surface area (Å²) in [4.78, 5) is 0.161. The van der Waals surface area contributed by atoms with E-state index in [0.29, 0.717) is 0 Å². The normalized spacial score (nSPS) is 12.4. The van der Waals surface area contributed by atoms with Gasteiger partial charge in [-0.25, -0.2) is 0 Å². The van der Waals surface area contributed by atoms with Gasteiger partial charge in [0.1, 0.15) is 0 Å². The van der Waals surface area contributed by atoms with Crippen molar-refractivity contribution in [1.82, 2.24) is 0 Å². The molecule has 0 aliphatic carbocycles. The lowest BCUT2D eigenvalue weighted by Crippen LogP contribution is -1.97. The molecule has 106 valence electrons. The van der Waals surface area contributed by atoms with Crippen molar-refractivity contribution in [3.63, 3.8) is 0 Å². The lowest BCUT2D eigenvalue weighted by Gasteiger charge is -2.12. The average Bonchev–Trinajstić information content (AvgIpc) is 2.48. The second kappa shape index (κ2) is 7.78. The van der Waals surface area contributed by atoms with Gasteiger partial charge in [-0.15, -0.1) is 0 Å². The molecule has 1 atom stereocenters. The van der Waals surface area contributed by atoms with Crippen LogP contribution in [0.1, 0.15) is 21.5 Å². The molecule has 1 nitrogen and oxygen atoms in total. The first-order valence-corrected chi connectivity index (χ1v) is 8.66. The SMILES string of the molecule is COCCc1ccc(C(Br)c2ccc(I)c(Cl)c2)cc1. The predicted octanol–water partition coefficient (Wildman–Crippen LogP) is 5.62. The Morgan fingerprint density at radius 3 is 2.40 bits per heavy atom. The molecule has 0 aliphatic heterocycles. The number of hydrogen-bond acceptors (Lipinski definition) is 1. The summed E-state index contributed by atoms with van der Waals surface area (Å²) in [6.07, 6.45) is 0.944. The van der Waals surface area contributed by atoms with Gasteiger partial charge in [-0.2, -0.15) is 0 Å². The molecule has 0 amide bonds. The van der Waals surface area contributed by atoms with Crippen LogP contribution in [0, 0.1) is 3.57 Å². The topological polar surface area (TPSA) is 9.23 Å². The molecule has 0 heterocycles. The Bertz CT molecular complexity index is 571. The van der Waals surface area contributed by atoms with Gasteiger partial charge in [0, 0.05) is 10.7 Å². The summed E-state index contributed by atoms with van der Waals surface area (Å²) >= 11 is 12.2. The maximum atomic E-state index is 6.19. The highest BCUT2D eigenvalue weighted by Gasteiger charge is 2.11. The van der Waals surface area contributed by atoms with Crippen molar-refractivity contribution < 1.29 is 4.74 Å². The van der Waals surface area contributed by atoms with Crippen LogP contribution in [0.4, 0.5) is 0 Å². The van der Waals surface area contributed by atoms with E-state index in [0.717, 1.165) is 21.6 Å². The van der Waals surface area contributed by atoms with Crippen LogP contribution in [-0.4, -0.2) is 13.7 Å². The minimum absolute atomic E-state index is 0.161. The third kappa shape index (κ3) is 4.20. The number of hydrogen-bond donors (Lipinski definition) is 0. The van der Waals surface area contributed by atoms with Gasteiger partial charge in [-0.1, -0.05) is 57.9 Å². The van der Waals surface area contributed by atoms with E-state index in [1.54, 1.807) is 7.11 Å².